The first kappa shape index (κ1) is 12.0. The number of nitrogens with zero attached hydrogens (tertiary/aromatic N) is 1. The van der Waals surface area contributed by atoms with Crippen LogP contribution < -0.4 is 5.73 Å². The van der Waals surface area contributed by atoms with Gasteiger partial charge in [-0.1, -0.05) is 38.4 Å². The average molecular weight is 250 g/mol. The molecule has 0 spiro atoms. The molecule has 0 saturated carbocycles. The minimum Gasteiger partial charge on any atom is -0.398 e. The maximum Gasteiger partial charge on any atom is 0.141 e. The predicted octanol–water partition coefficient (Wildman–Crippen LogP) is 3.61. The quantitative estimate of drug-likeness (QED) is 0.759. The number of rotatable bonds is 1. The molecule has 17 heavy (non-hydrogen) atoms. The zero-order valence-corrected chi connectivity index (χ0v) is 11.0. The molecule has 0 aliphatic heterocycles. The fraction of sp³-hybridized carbons (Fsp3) is 0.308. The monoisotopic (exact) mass is 249 g/mol. The van der Waals surface area contributed by atoms with E-state index in [1.165, 1.54) is 0 Å². The molecule has 0 amide bonds. The number of nitrogen functional groups attached to an aromatic ring is 1. The minimum absolute atomic E-state index is 0.0290. The van der Waals surface area contributed by atoms with Gasteiger partial charge in [0.05, 0.1) is 10.6 Å². The van der Waals surface area contributed by atoms with Crippen LogP contribution in [0.5, 0.6) is 0 Å². The van der Waals surface area contributed by atoms with Crippen LogP contribution >= 0.6 is 11.6 Å². The second kappa shape index (κ2) is 4.08. The maximum atomic E-state index is 6.15. The van der Waals surface area contributed by atoms with Crippen molar-refractivity contribution in [2.24, 2.45) is 0 Å². The van der Waals surface area contributed by atoms with E-state index in [0.29, 0.717) is 10.7 Å². The summed E-state index contributed by atoms with van der Waals surface area (Å²) in [4.78, 5) is 7.63. The molecule has 1 heterocycles. The van der Waals surface area contributed by atoms with Gasteiger partial charge in [-0.25, -0.2) is 4.98 Å². The van der Waals surface area contributed by atoms with Gasteiger partial charge in [0, 0.05) is 23.0 Å². The maximum absolute atomic E-state index is 6.15. The Labute approximate surface area is 106 Å². The molecule has 0 saturated heterocycles. The first-order valence-corrected chi connectivity index (χ1v) is 5.87. The summed E-state index contributed by atoms with van der Waals surface area (Å²) in [6, 6.07) is 5.46. The van der Waals surface area contributed by atoms with E-state index in [1.54, 1.807) is 0 Å². The molecule has 1 aromatic heterocycles. The molecule has 1 aromatic carbocycles. The molecule has 0 fully saturated rings. The number of nitrogens with two attached hydrogens (primary N) is 1. The molecule has 90 valence electrons. The normalized spacial score (nSPS) is 11.8. The lowest BCUT2D eigenvalue weighted by Gasteiger charge is -2.15. The summed E-state index contributed by atoms with van der Waals surface area (Å²) in [6.45, 7) is 6.38. The van der Waals surface area contributed by atoms with Gasteiger partial charge in [-0.15, -0.1) is 0 Å². The zero-order chi connectivity index (χ0) is 12.6. The van der Waals surface area contributed by atoms with Gasteiger partial charge in [-0.3, -0.25) is 0 Å². The van der Waals surface area contributed by atoms with Crippen molar-refractivity contribution in [3.05, 3.63) is 35.1 Å². The summed E-state index contributed by atoms with van der Waals surface area (Å²) in [6.07, 6.45) is 1.83. The van der Waals surface area contributed by atoms with Crippen molar-refractivity contribution in [1.29, 1.82) is 0 Å². The zero-order valence-electron chi connectivity index (χ0n) is 10.2. The Morgan fingerprint density at radius 1 is 1.29 bits per heavy atom. The van der Waals surface area contributed by atoms with Crippen LogP contribution in [0, 0.1) is 0 Å². The Kier molecular flexibility index (Phi) is 2.87. The third-order valence-corrected chi connectivity index (χ3v) is 2.98. The van der Waals surface area contributed by atoms with Gasteiger partial charge in [0.1, 0.15) is 5.82 Å². The lowest BCUT2D eigenvalue weighted by molar-refractivity contribution is 0.573. The smallest absolute Gasteiger partial charge is 0.141 e. The highest BCUT2D eigenvalue weighted by Crippen LogP contribution is 2.32. The molecule has 0 radical (unpaired) electrons. The fourth-order valence-electron chi connectivity index (χ4n) is 1.62. The molecule has 2 aromatic rings. The number of anilines is 1. The number of benzene rings is 1. The molecular weight excluding hydrogens is 234 g/mol. The van der Waals surface area contributed by atoms with E-state index in [0.717, 1.165) is 17.1 Å². The van der Waals surface area contributed by atoms with Crippen molar-refractivity contribution in [3.63, 3.8) is 0 Å². The van der Waals surface area contributed by atoms with Gasteiger partial charge in [-0.05, 0) is 12.1 Å². The first-order chi connectivity index (χ1) is 7.89. The first-order valence-electron chi connectivity index (χ1n) is 5.49. The van der Waals surface area contributed by atoms with E-state index in [2.05, 4.69) is 30.7 Å². The fourth-order valence-corrected chi connectivity index (χ4v) is 1.89. The summed E-state index contributed by atoms with van der Waals surface area (Å²) in [7, 11) is 0. The van der Waals surface area contributed by atoms with Gasteiger partial charge >= 0.3 is 0 Å². The Bertz CT molecular complexity index is 518. The molecule has 2 rings (SSSR count). The molecule has 3 nitrogen and oxygen atoms in total. The van der Waals surface area contributed by atoms with Gasteiger partial charge in [-0.2, -0.15) is 0 Å². The predicted molar refractivity (Wildman–Crippen MR) is 72.1 cm³/mol. The standard InChI is InChI=1S/C13H16ClN3/c1-13(2,3)10-7-16-12(17-10)11-8(14)5-4-6-9(11)15/h4-7H,15H2,1-3H3,(H,16,17). The number of hydrogen-bond donors (Lipinski definition) is 2. The van der Waals surface area contributed by atoms with Crippen LogP contribution in [0.1, 0.15) is 26.5 Å². The van der Waals surface area contributed by atoms with E-state index in [1.807, 2.05) is 24.4 Å². The number of H-pyrrole nitrogens is 1. The van der Waals surface area contributed by atoms with Gasteiger partial charge in [0.25, 0.3) is 0 Å². The van der Waals surface area contributed by atoms with Crippen molar-refractivity contribution in [2.75, 3.05) is 5.73 Å². The third-order valence-electron chi connectivity index (χ3n) is 2.67. The highest BCUT2D eigenvalue weighted by molar-refractivity contribution is 6.33. The van der Waals surface area contributed by atoms with Crippen LogP contribution in [0.3, 0.4) is 0 Å². The summed E-state index contributed by atoms with van der Waals surface area (Å²) in [5.41, 5.74) is 8.42. The van der Waals surface area contributed by atoms with Crippen molar-refractivity contribution < 1.29 is 0 Å². The number of nitrogens with one attached hydrogen (secondary N) is 1. The molecule has 0 aliphatic rings. The van der Waals surface area contributed by atoms with Crippen molar-refractivity contribution in [1.82, 2.24) is 9.97 Å². The molecule has 0 atom stereocenters. The number of hydrogen-bond acceptors (Lipinski definition) is 2. The van der Waals surface area contributed by atoms with Crippen LogP contribution in [0.25, 0.3) is 11.4 Å². The lowest BCUT2D eigenvalue weighted by atomic mass is 9.93. The van der Waals surface area contributed by atoms with E-state index in [9.17, 15) is 0 Å². The largest absolute Gasteiger partial charge is 0.398 e. The Hall–Kier alpha value is -1.48. The average Bonchev–Trinajstić information content (AvgIpc) is 2.65. The highest BCUT2D eigenvalue weighted by atomic mass is 35.5. The van der Waals surface area contributed by atoms with E-state index >= 15 is 0 Å². The molecule has 0 aliphatic carbocycles. The van der Waals surface area contributed by atoms with Crippen molar-refractivity contribution in [2.45, 2.75) is 26.2 Å². The van der Waals surface area contributed by atoms with Crippen molar-refractivity contribution in [3.8, 4) is 11.4 Å². The van der Waals surface area contributed by atoms with Crippen LogP contribution in [-0.2, 0) is 5.41 Å². The molecule has 0 unspecified atom stereocenters. The Morgan fingerprint density at radius 2 is 2.00 bits per heavy atom. The second-order valence-electron chi connectivity index (χ2n) is 5.10. The molecule has 4 heteroatoms. The second-order valence-corrected chi connectivity index (χ2v) is 5.51. The van der Waals surface area contributed by atoms with Crippen LogP contribution in [0.4, 0.5) is 5.69 Å². The van der Waals surface area contributed by atoms with Crippen LogP contribution in [0.2, 0.25) is 5.02 Å². The van der Waals surface area contributed by atoms with E-state index in [-0.39, 0.29) is 5.41 Å². The summed E-state index contributed by atoms with van der Waals surface area (Å²) >= 11 is 6.15. The van der Waals surface area contributed by atoms with E-state index in [4.69, 9.17) is 17.3 Å². The number of aromatic amines is 1. The number of halogens is 1. The van der Waals surface area contributed by atoms with E-state index < -0.39 is 0 Å². The highest BCUT2D eigenvalue weighted by Gasteiger charge is 2.18. The Balaban J connectivity index is 2.51. The topological polar surface area (TPSA) is 54.7 Å². The van der Waals surface area contributed by atoms with Gasteiger partial charge in [0.15, 0.2) is 0 Å². The van der Waals surface area contributed by atoms with Gasteiger partial charge in [0.2, 0.25) is 0 Å². The summed E-state index contributed by atoms with van der Waals surface area (Å²) in [5, 5.41) is 0.611. The lowest BCUT2D eigenvalue weighted by Crippen LogP contribution is -2.11. The minimum atomic E-state index is 0.0290. The summed E-state index contributed by atoms with van der Waals surface area (Å²) < 4.78 is 0. The van der Waals surface area contributed by atoms with Crippen LogP contribution in [0.15, 0.2) is 24.4 Å². The summed E-state index contributed by atoms with van der Waals surface area (Å²) in [5.74, 6) is 0.720. The molecule has 0 bridgehead atoms. The molecular formula is C13H16ClN3. The number of aromatic nitrogens is 2. The van der Waals surface area contributed by atoms with Gasteiger partial charge < -0.3 is 10.7 Å². The number of imidazole rings is 1. The van der Waals surface area contributed by atoms with Crippen LogP contribution in [-0.4, -0.2) is 9.97 Å². The van der Waals surface area contributed by atoms with Crippen molar-refractivity contribution >= 4 is 17.3 Å². The Morgan fingerprint density at radius 3 is 2.53 bits per heavy atom. The molecule has 3 N–H and O–H groups in total. The SMILES string of the molecule is CC(C)(C)c1cnc(-c2c(N)cccc2Cl)[nH]1. The third kappa shape index (κ3) is 2.29.